The van der Waals surface area contributed by atoms with Crippen LogP contribution in [0, 0.1) is 0 Å². The standard InChI is InChI=1S/C17H21N3O4S2/c1-26(22,23)20-14-9-7-12(8-10-14)15(21)11-25-17-19-18-16(24-17)13-5-3-2-4-6-13/h7-10,13,20H,2-6,11H2,1H3. The van der Waals surface area contributed by atoms with Crippen LogP contribution in [0.5, 0.6) is 0 Å². The summed E-state index contributed by atoms with van der Waals surface area (Å²) in [6.07, 6.45) is 6.89. The lowest BCUT2D eigenvalue weighted by molar-refractivity contribution is 0.102. The number of rotatable bonds is 7. The van der Waals surface area contributed by atoms with E-state index in [0.717, 1.165) is 19.1 Å². The van der Waals surface area contributed by atoms with Gasteiger partial charge in [0.25, 0.3) is 5.22 Å². The van der Waals surface area contributed by atoms with Gasteiger partial charge in [-0.25, -0.2) is 8.42 Å². The van der Waals surface area contributed by atoms with E-state index in [0.29, 0.717) is 28.3 Å². The van der Waals surface area contributed by atoms with Crippen LogP contribution in [0.25, 0.3) is 0 Å². The van der Waals surface area contributed by atoms with Crippen LogP contribution < -0.4 is 4.72 Å². The first-order valence-corrected chi connectivity index (χ1v) is 11.4. The zero-order chi connectivity index (χ0) is 18.6. The van der Waals surface area contributed by atoms with Crippen LogP contribution in [-0.4, -0.2) is 36.4 Å². The van der Waals surface area contributed by atoms with Crippen molar-refractivity contribution < 1.29 is 17.6 Å². The number of benzene rings is 1. The summed E-state index contributed by atoms with van der Waals surface area (Å²) in [5.41, 5.74) is 0.925. The maximum atomic E-state index is 12.3. The molecular weight excluding hydrogens is 374 g/mol. The van der Waals surface area contributed by atoms with E-state index in [4.69, 9.17) is 4.42 Å². The molecule has 0 aliphatic heterocycles. The molecular formula is C17H21N3O4S2. The van der Waals surface area contributed by atoms with Gasteiger partial charge in [-0.3, -0.25) is 9.52 Å². The molecule has 1 aliphatic rings. The lowest BCUT2D eigenvalue weighted by Gasteiger charge is -2.17. The normalized spacial score (nSPS) is 15.7. The van der Waals surface area contributed by atoms with E-state index in [9.17, 15) is 13.2 Å². The Kier molecular flexibility index (Phi) is 5.98. The zero-order valence-corrected chi connectivity index (χ0v) is 16.1. The molecule has 2 aromatic rings. The summed E-state index contributed by atoms with van der Waals surface area (Å²) in [7, 11) is -3.33. The van der Waals surface area contributed by atoms with Crippen LogP contribution in [0.4, 0.5) is 5.69 Å². The number of ketones is 1. The number of hydrogen-bond acceptors (Lipinski definition) is 7. The van der Waals surface area contributed by atoms with Crippen molar-refractivity contribution in [2.24, 2.45) is 0 Å². The van der Waals surface area contributed by atoms with Gasteiger partial charge in [0.05, 0.1) is 12.0 Å². The molecule has 1 aromatic carbocycles. The van der Waals surface area contributed by atoms with Gasteiger partial charge < -0.3 is 4.42 Å². The van der Waals surface area contributed by atoms with E-state index >= 15 is 0 Å². The molecule has 1 fully saturated rings. The molecule has 140 valence electrons. The van der Waals surface area contributed by atoms with Gasteiger partial charge in [0, 0.05) is 17.2 Å². The first kappa shape index (κ1) is 18.9. The van der Waals surface area contributed by atoms with Gasteiger partial charge in [0.1, 0.15) is 0 Å². The Morgan fingerprint density at radius 3 is 2.54 bits per heavy atom. The Morgan fingerprint density at radius 2 is 1.88 bits per heavy atom. The first-order chi connectivity index (χ1) is 12.4. The van der Waals surface area contributed by atoms with Crippen LogP contribution in [0.15, 0.2) is 33.9 Å². The lowest BCUT2D eigenvalue weighted by atomic mass is 9.89. The van der Waals surface area contributed by atoms with Crippen molar-refractivity contribution in [2.45, 2.75) is 43.2 Å². The van der Waals surface area contributed by atoms with Crippen molar-refractivity contribution in [3.63, 3.8) is 0 Å². The van der Waals surface area contributed by atoms with Gasteiger partial charge in [-0.1, -0.05) is 31.0 Å². The summed E-state index contributed by atoms with van der Waals surface area (Å²) in [6, 6.07) is 6.31. The van der Waals surface area contributed by atoms with Crippen LogP contribution in [0.3, 0.4) is 0 Å². The fourth-order valence-corrected chi connectivity index (χ4v) is 4.17. The summed E-state index contributed by atoms with van der Waals surface area (Å²) in [6.45, 7) is 0. The topological polar surface area (TPSA) is 102 Å². The third-order valence-electron chi connectivity index (χ3n) is 4.21. The molecule has 0 radical (unpaired) electrons. The summed E-state index contributed by atoms with van der Waals surface area (Å²) in [5.74, 6) is 1.12. The van der Waals surface area contributed by atoms with Crippen molar-refractivity contribution >= 4 is 33.3 Å². The van der Waals surface area contributed by atoms with Gasteiger partial charge in [-0.15, -0.1) is 10.2 Å². The van der Waals surface area contributed by atoms with Gasteiger partial charge in [-0.2, -0.15) is 0 Å². The number of nitrogens with one attached hydrogen (secondary N) is 1. The third kappa shape index (κ3) is 5.31. The van der Waals surface area contributed by atoms with E-state index in [2.05, 4.69) is 14.9 Å². The number of anilines is 1. The van der Waals surface area contributed by atoms with Gasteiger partial charge in [0.15, 0.2) is 5.78 Å². The fourth-order valence-electron chi connectivity index (χ4n) is 2.94. The molecule has 1 saturated carbocycles. The largest absolute Gasteiger partial charge is 0.416 e. The average Bonchev–Trinajstić information content (AvgIpc) is 3.09. The molecule has 26 heavy (non-hydrogen) atoms. The Labute approximate surface area is 157 Å². The minimum Gasteiger partial charge on any atom is -0.416 e. The Hall–Kier alpha value is -1.87. The predicted molar refractivity (Wildman–Crippen MR) is 100 cm³/mol. The molecule has 0 unspecified atom stereocenters. The smallest absolute Gasteiger partial charge is 0.277 e. The number of hydrogen-bond donors (Lipinski definition) is 1. The maximum Gasteiger partial charge on any atom is 0.277 e. The number of thioether (sulfide) groups is 1. The van der Waals surface area contributed by atoms with Crippen molar-refractivity contribution in [2.75, 3.05) is 16.7 Å². The van der Waals surface area contributed by atoms with Gasteiger partial charge >= 0.3 is 0 Å². The SMILES string of the molecule is CS(=O)(=O)Nc1ccc(C(=O)CSc2nnc(C3CCCCC3)o2)cc1. The van der Waals surface area contributed by atoms with E-state index < -0.39 is 10.0 Å². The zero-order valence-electron chi connectivity index (χ0n) is 14.5. The lowest BCUT2D eigenvalue weighted by Crippen LogP contribution is -2.10. The molecule has 1 heterocycles. The summed E-state index contributed by atoms with van der Waals surface area (Å²) >= 11 is 1.22. The molecule has 0 atom stereocenters. The minimum absolute atomic E-state index is 0.0849. The predicted octanol–water partition coefficient (Wildman–Crippen LogP) is 3.46. The molecule has 9 heteroatoms. The molecule has 7 nitrogen and oxygen atoms in total. The van der Waals surface area contributed by atoms with E-state index in [1.165, 1.54) is 31.0 Å². The quantitative estimate of drug-likeness (QED) is 0.566. The average molecular weight is 396 g/mol. The molecule has 0 bridgehead atoms. The van der Waals surface area contributed by atoms with Crippen molar-refractivity contribution in [3.05, 3.63) is 35.7 Å². The highest BCUT2D eigenvalue weighted by atomic mass is 32.2. The van der Waals surface area contributed by atoms with Crippen LogP contribution >= 0.6 is 11.8 Å². The van der Waals surface area contributed by atoms with Crippen molar-refractivity contribution in [3.8, 4) is 0 Å². The summed E-state index contributed by atoms with van der Waals surface area (Å²) < 4.78 is 30.4. The van der Waals surface area contributed by atoms with Crippen LogP contribution in [0.1, 0.15) is 54.3 Å². The van der Waals surface area contributed by atoms with E-state index in [-0.39, 0.29) is 11.5 Å². The van der Waals surface area contributed by atoms with Gasteiger partial charge in [0.2, 0.25) is 15.9 Å². The Bertz CT molecular complexity index is 856. The van der Waals surface area contributed by atoms with E-state index in [1.807, 2.05) is 0 Å². The number of carbonyl (C=O) groups is 1. The highest BCUT2D eigenvalue weighted by Crippen LogP contribution is 2.33. The van der Waals surface area contributed by atoms with Crippen molar-refractivity contribution in [1.82, 2.24) is 10.2 Å². The molecule has 0 amide bonds. The Morgan fingerprint density at radius 1 is 1.19 bits per heavy atom. The number of sulfonamides is 1. The highest BCUT2D eigenvalue weighted by Gasteiger charge is 2.21. The first-order valence-electron chi connectivity index (χ1n) is 8.48. The van der Waals surface area contributed by atoms with Gasteiger partial charge in [-0.05, 0) is 37.1 Å². The maximum absolute atomic E-state index is 12.3. The highest BCUT2D eigenvalue weighted by molar-refractivity contribution is 7.99. The Balaban J connectivity index is 1.54. The molecule has 1 aromatic heterocycles. The molecule has 1 N–H and O–H groups in total. The van der Waals surface area contributed by atoms with Crippen molar-refractivity contribution in [1.29, 1.82) is 0 Å². The second-order valence-electron chi connectivity index (χ2n) is 6.40. The minimum atomic E-state index is -3.33. The number of Topliss-reactive ketones (excluding diaryl/α,β-unsaturated/α-hetero) is 1. The van der Waals surface area contributed by atoms with E-state index in [1.54, 1.807) is 24.3 Å². The van der Waals surface area contributed by atoms with Crippen LogP contribution in [0.2, 0.25) is 0 Å². The third-order valence-corrected chi connectivity index (χ3v) is 5.64. The summed E-state index contributed by atoms with van der Waals surface area (Å²) in [5, 5.41) is 8.56. The second-order valence-corrected chi connectivity index (χ2v) is 9.08. The molecule has 0 spiro atoms. The number of aromatic nitrogens is 2. The molecule has 3 rings (SSSR count). The summed E-state index contributed by atoms with van der Waals surface area (Å²) in [4.78, 5) is 12.3. The monoisotopic (exact) mass is 395 g/mol. The molecule has 1 aliphatic carbocycles. The van der Waals surface area contributed by atoms with Crippen LogP contribution in [-0.2, 0) is 10.0 Å². The number of nitrogens with zero attached hydrogens (tertiary/aromatic N) is 2. The molecule has 0 saturated heterocycles. The second kappa shape index (κ2) is 8.22. The fraction of sp³-hybridized carbons (Fsp3) is 0.471. The number of carbonyl (C=O) groups excluding carboxylic acids is 1.